The van der Waals surface area contributed by atoms with Crippen LogP contribution in [0.2, 0.25) is 0 Å². The van der Waals surface area contributed by atoms with E-state index in [1.807, 2.05) is 72.8 Å². The quantitative estimate of drug-likeness (QED) is 0.196. The fourth-order valence-electron chi connectivity index (χ4n) is 7.61. The van der Waals surface area contributed by atoms with Gasteiger partial charge in [-0.25, -0.2) is 15.0 Å². The minimum Gasteiger partial charge on any atom is -0.456 e. The fraction of sp³-hybridized carbons (Fsp3) is 0. The molecular weight excluding hydrogens is 717 g/mol. The number of nitrogens with zero attached hydrogens (tertiary/aromatic N) is 3. The standard InChI is InChI=1S/C45H18B11N3O/c46-30-25(31(47)39(55)40(56)38(30)54)26-33(49)37(53)34(50)27-28-32(48)35(51)29(36(52)42(28)60-41(26)27)45-58-43(23-9-5-2-6-10-23)57-44(59-45)24-17-15-22(16-18-24)21-13-11-20(12-14-21)19-7-3-1-4-8-19/h1-18H. The Hall–Kier alpha value is -5.94. The second-order valence-electron chi connectivity index (χ2n) is 14.4. The van der Waals surface area contributed by atoms with Gasteiger partial charge in [0.15, 0.2) is 17.5 Å². The maximum Gasteiger partial charge on any atom is 0.164 e. The lowest BCUT2D eigenvalue weighted by molar-refractivity contribution is 0.673. The molecule has 60 heavy (non-hydrogen) atoms. The van der Waals surface area contributed by atoms with Crippen molar-refractivity contribution in [3.8, 4) is 67.5 Å². The summed E-state index contributed by atoms with van der Waals surface area (Å²) in [5, 5.41) is 0.533. The first-order valence-corrected chi connectivity index (χ1v) is 18.6. The van der Waals surface area contributed by atoms with Crippen molar-refractivity contribution in [2.45, 2.75) is 0 Å². The van der Waals surface area contributed by atoms with Crippen LogP contribution in [0.25, 0.3) is 89.5 Å². The minimum absolute atomic E-state index is 0.00147. The van der Waals surface area contributed by atoms with Crippen molar-refractivity contribution in [1.29, 1.82) is 0 Å². The predicted molar refractivity (Wildman–Crippen MR) is 259 cm³/mol. The molecule has 4 nitrogen and oxygen atoms in total. The molecule has 0 saturated carbocycles. The Morgan fingerprint density at radius 3 is 1.12 bits per heavy atom. The van der Waals surface area contributed by atoms with E-state index >= 15 is 0 Å². The molecule has 0 aliphatic carbocycles. The zero-order valence-electron chi connectivity index (χ0n) is 32.0. The van der Waals surface area contributed by atoms with Gasteiger partial charge in [0, 0.05) is 33.0 Å². The lowest BCUT2D eigenvalue weighted by Crippen LogP contribution is -2.56. The van der Waals surface area contributed by atoms with Gasteiger partial charge in [-0.3, -0.25) is 0 Å². The maximum absolute atomic E-state index is 7.00. The van der Waals surface area contributed by atoms with E-state index < -0.39 is 0 Å². The van der Waals surface area contributed by atoms with Gasteiger partial charge < -0.3 is 4.42 Å². The number of fused-ring (bicyclic) bond motifs is 3. The molecule has 252 valence electrons. The molecule has 0 saturated heterocycles. The van der Waals surface area contributed by atoms with E-state index in [9.17, 15) is 0 Å². The summed E-state index contributed by atoms with van der Waals surface area (Å²) in [7, 11) is 72.1. The van der Waals surface area contributed by atoms with E-state index in [0.717, 1.165) is 33.4 Å². The van der Waals surface area contributed by atoms with E-state index in [4.69, 9.17) is 106 Å². The average Bonchev–Trinajstić information content (AvgIpc) is 3.69. The summed E-state index contributed by atoms with van der Waals surface area (Å²) in [6.07, 6.45) is 0. The topological polar surface area (TPSA) is 51.8 Å². The van der Waals surface area contributed by atoms with Gasteiger partial charge in [0.2, 0.25) is 0 Å². The Balaban J connectivity index is 1.22. The number of hydrogen-bond donors (Lipinski definition) is 0. The Morgan fingerprint density at radius 2 is 0.600 bits per heavy atom. The molecule has 0 amide bonds. The Kier molecular flexibility index (Phi) is 10.1. The lowest BCUT2D eigenvalue weighted by atomic mass is 9.58. The number of furan rings is 1. The highest BCUT2D eigenvalue weighted by atomic mass is 16.3. The van der Waals surface area contributed by atoms with Crippen LogP contribution in [0.3, 0.4) is 0 Å². The van der Waals surface area contributed by atoms with Crippen molar-refractivity contribution < 1.29 is 4.42 Å². The van der Waals surface area contributed by atoms with Crippen LogP contribution in [-0.2, 0) is 0 Å². The molecule has 15 heteroatoms. The molecule has 7 aromatic carbocycles. The second-order valence-corrected chi connectivity index (χ2v) is 14.4. The van der Waals surface area contributed by atoms with Crippen LogP contribution in [0.1, 0.15) is 0 Å². The second kappa shape index (κ2) is 15.3. The van der Waals surface area contributed by atoms with E-state index in [1.165, 1.54) is 0 Å². The van der Waals surface area contributed by atoms with Gasteiger partial charge in [-0.15, -0.1) is 21.9 Å². The summed E-state index contributed by atoms with van der Waals surface area (Å²) >= 11 is 0. The van der Waals surface area contributed by atoms with Gasteiger partial charge >= 0.3 is 0 Å². The third-order valence-electron chi connectivity index (χ3n) is 10.9. The summed E-state index contributed by atoms with van der Waals surface area (Å²) in [6.45, 7) is 0. The van der Waals surface area contributed by atoms with Crippen LogP contribution >= 0.6 is 0 Å². The smallest absolute Gasteiger partial charge is 0.164 e. The highest BCUT2D eigenvalue weighted by Gasteiger charge is 2.26. The molecule has 22 radical (unpaired) electrons. The predicted octanol–water partition coefficient (Wildman–Crippen LogP) is -1.50. The molecule has 0 spiro atoms. The maximum atomic E-state index is 7.00. The van der Waals surface area contributed by atoms with E-state index in [1.54, 1.807) is 0 Å². The van der Waals surface area contributed by atoms with Crippen LogP contribution in [0.5, 0.6) is 0 Å². The van der Waals surface area contributed by atoms with Gasteiger partial charge in [-0.2, -0.15) is 0 Å². The van der Waals surface area contributed by atoms with Crippen LogP contribution in [-0.4, -0.2) is 101 Å². The van der Waals surface area contributed by atoms with Crippen molar-refractivity contribution in [2.75, 3.05) is 0 Å². The monoisotopic (exact) mass is 737 g/mol. The van der Waals surface area contributed by atoms with Gasteiger partial charge in [0.05, 0.1) is 0 Å². The Labute approximate surface area is 362 Å². The number of aromatic nitrogens is 3. The molecule has 2 aromatic heterocycles. The molecule has 0 fully saturated rings. The molecular formula is C45H18B11N3O. The van der Waals surface area contributed by atoms with Crippen LogP contribution in [0, 0.1) is 0 Å². The summed E-state index contributed by atoms with van der Waals surface area (Å²) in [4.78, 5) is 14.7. The summed E-state index contributed by atoms with van der Waals surface area (Å²) < 4.78 is 6.55. The van der Waals surface area contributed by atoms with E-state index in [2.05, 4.69) is 36.4 Å². The van der Waals surface area contributed by atoms with Gasteiger partial charge in [-0.05, 0) is 33.3 Å². The summed E-state index contributed by atoms with van der Waals surface area (Å²) in [5.41, 5.74) is 6.73. The number of rotatable bonds is 6. The first-order chi connectivity index (χ1) is 28.8. The van der Waals surface area contributed by atoms with E-state index in [-0.39, 0.29) is 105 Å². The molecule has 0 aliphatic rings. The zero-order chi connectivity index (χ0) is 42.1. The highest BCUT2D eigenvalue weighted by molar-refractivity contribution is 6.71. The lowest BCUT2D eigenvalue weighted by Gasteiger charge is -2.24. The minimum atomic E-state index is -0.00620. The zero-order valence-corrected chi connectivity index (χ0v) is 32.0. The van der Waals surface area contributed by atoms with Crippen molar-refractivity contribution >= 4 is 168 Å². The van der Waals surface area contributed by atoms with Crippen molar-refractivity contribution in [3.63, 3.8) is 0 Å². The van der Waals surface area contributed by atoms with Crippen LogP contribution in [0.15, 0.2) is 114 Å². The number of hydrogen-bond acceptors (Lipinski definition) is 4. The summed E-state index contributed by atoms with van der Waals surface area (Å²) in [6, 6.07) is 36.0. The third-order valence-corrected chi connectivity index (χ3v) is 10.9. The molecule has 2 heterocycles. The van der Waals surface area contributed by atoms with Crippen molar-refractivity contribution in [3.05, 3.63) is 109 Å². The van der Waals surface area contributed by atoms with Crippen LogP contribution < -0.4 is 60.1 Å². The highest BCUT2D eigenvalue weighted by Crippen LogP contribution is 2.33. The van der Waals surface area contributed by atoms with Gasteiger partial charge in [-0.1, -0.05) is 142 Å². The van der Waals surface area contributed by atoms with Crippen molar-refractivity contribution in [2.24, 2.45) is 0 Å². The van der Waals surface area contributed by atoms with Crippen LogP contribution in [0.4, 0.5) is 0 Å². The fourth-order valence-corrected chi connectivity index (χ4v) is 7.61. The van der Waals surface area contributed by atoms with E-state index in [0.29, 0.717) is 11.6 Å². The Morgan fingerprint density at radius 1 is 0.267 bits per heavy atom. The largest absolute Gasteiger partial charge is 0.456 e. The molecule has 0 unspecified atom stereocenters. The Bertz CT molecular complexity index is 3170. The molecule has 0 bridgehead atoms. The first kappa shape index (κ1) is 39.5. The SMILES string of the molecule is [B]c1c([B])c([B])c(-c2c([B])c([B])c([B])c3c2oc2c([B])c(-c4nc(-c5ccccc5)nc(-c5ccc(-c6ccc(-c7ccccc7)cc6)cc5)n4)c([B])c([B])c23)c([B])c1[B]. The average molecular weight is 736 g/mol. The molecule has 0 atom stereocenters. The molecule has 9 rings (SSSR count). The molecule has 0 aliphatic heterocycles. The summed E-state index contributed by atoms with van der Waals surface area (Å²) in [5.74, 6) is 0.876. The molecule has 0 N–H and O–H groups in total. The van der Waals surface area contributed by atoms with Gasteiger partial charge in [0.25, 0.3) is 0 Å². The third kappa shape index (κ3) is 6.36. The normalized spacial score (nSPS) is 11.4. The molecule has 9 aromatic rings. The first-order valence-electron chi connectivity index (χ1n) is 18.6. The van der Waals surface area contributed by atoms with Gasteiger partial charge in [0.1, 0.15) is 97.5 Å². The number of benzene rings is 7. The van der Waals surface area contributed by atoms with Crippen molar-refractivity contribution in [1.82, 2.24) is 15.0 Å².